The van der Waals surface area contributed by atoms with E-state index in [1.54, 1.807) is 11.8 Å². The van der Waals surface area contributed by atoms with Gasteiger partial charge < -0.3 is 20.1 Å². The molecule has 2 N–H and O–H groups in total. The van der Waals surface area contributed by atoms with Crippen LogP contribution in [0.2, 0.25) is 0 Å². The van der Waals surface area contributed by atoms with Gasteiger partial charge in [0.15, 0.2) is 0 Å². The predicted molar refractivity (Wildman–Crippen MR) is 96.4 cm³/mol. The number of carbonyl (C=O) groups excluding carboxylic acids is 1. The minimum atomic E-state index is -0.551. The number of aliphatic hydroxyl groups is 1. The van der Waals surface area contributed by atoms with E-state index in [1.807, 2.05) is 56.3 Å². The van der Waals surface area contributed by atoms with E-state index in [0.29, 0.717) is 19.7 Å². The summed E-state index contributed by atoms with van der Waals surface area (Å²) in [6.45, 7) is 6.63. The Kier molecular flexibility index (Phi) is 6.44. The second-order valence-corrected chi connectivity index (χ2v) is 6.15. The highest BCUT2D eigenvalue weighted by Gasteiger charge is 2.18. The fraction of sp³-hybridized carbons (Fsp3) is 0.421. The van der Waals surface area contributed by atoms with E-state index in [-0.39, 0.29) is 12.1 Å². The van der Waals surface area contributed by atoms with Gasteiger partial charge in [0.25, 0.3) is 0 Å². The number of fused-ring (bicyclic) bond motifs is 1. The van der Waals surface area contributed by atoms with Gasteiger partial charge in [0, 0.05) is 18.0 Å². The number of rotatable bonds is 7. The van der Waals surface area contributed by atoms with Crippen LogP contribution in [0.3, 0.4) is 0 Å². The molecule has 1 unspecified atom stereocenters. The van der Waals surface area contributed by atoms with E-state index in [2.05, 4.69) is 5.32 Å². The Morgan fingerprint density at radius 1 is 1.17 bits per heavy atom. The predicted octanol–water partition coefficient (Wildman–Crippen LogP) is 3.02. The first-order valence-corrected chi connectivity index (χ1v) is 8.32. The van der Waals surface area contributed by atoms with Crippen LogP contribution >= 0.6 is 0 Å². The molecule has 24 heavy (non-hydrogen) atoms. The maximum Gasteiger partial charge on any atom is 0.317 e. The molecule has 0 saturated heterocycles. The first-order valence-electron chi connectivity index (χ1n) is 8.32. The molecule has 5 heteroatoms. The van der Waals surface area contributed by atoms with E-state index in [1.165, 1.54) is 0 Å². The Morgan fingerprint density at radius 3 is 2.58 bits per heavy atom. The topological polar surface area (TPSA) is 61.8 Å². The van der Waals surface area contributed by atoms with Crippen molar-refractivity contribution in [3.05, 3.63) is 42.5 Å². The van der Waals surface area contributed by atoms with Gasteiger partial charge >= 0.3 is 6.03 Å². The Hall–Kier alpha value is -2.27. The summed E-state index contributed by atoms with van der Waals surface area (Å²) in [6, 6.07) is 13.8. The number of nitrogens with one attached hydrogen (secondary N) is 1. The van der Waals surface area contributed by atoms with E-state index < -0.39 is 6.10 Å². The van der Waals surface area contributed by atoms with Crippen molar-refractivity contribution in [1.82, 2.24) is 10.2 Å². The van der Waals surface area contributed by atoms with Gasteiger partial charge in [0.2, 0.25) is 0 Å². The first kappa shape index (κ1) is 18.1. The molecule has 0 spiro atoms. The van der Waals surface area contributed by atoms with Gasteiger partial charge in [0.1, 0.15) is 12.4 Å². The van der Waals surface area contributed by atoms with Crippen LogP contribution in [0.4, 0.5) is 4.79 Å². The number of aliphatic hydroxyl groups excluding tert-OH is 1. The number of amides is 2. The van der Waals surface area contributed by atoms with Crippen molar-refractivity contribution in [2.75, 3.05) is 19.7 Å². The average molecular weight is 330 g/mol. The molecule has 0 radical (unpaired) electrons. The summed E-state index contributed by atoms with van der Waals surface area (Å²) in [7, 11) is 0. The maximum absolute atomic E-state index is 12.2. The molecule has 0 aromatic heterocycles. The van der Waals surface area contributed by atoms with Crippen molar-refractivity contribution in [1.29, 1.82) is 0 Å². The molecule has 0 bridgehead atoms. The molecule has 2 amide bonds. The first-order chi connectivity index (χ1) is 11.5. The van der Waals surface area contributed by atoms with E-state index >= 15 is 0 Å². The quantitative estimate of drug-likeness (QED) is 0.767. The number of hydrogen-bond acceptors (Lipinski definition) is 3. The molecule has 5 nitrogen and oxygen atoms in total. The van der Waals surface area contributed by atoms with Gasteiger partial charge in [-0.1, -0.05) is 36.4 Å². The Balaban J connectivity index is 1.86. The third kappa shape index (κ3) is 4.86. The van der Waals surface area contributed by atoms with Crippen molar-refractivity contribution >= 4 is 16.8 Å². The molecule has 2 aromatic rings. The van der Waals surface area contributed by atoms with Gasteiger partial charge in [-0.25, -0.2) is 4.79 Å². The van der Waals surface area contributed by atoms with Gasteiger partial charge in [-0.05, 0) is 32.2 Å². The summed E-state index contributed by atoms with van der Waals surface area (Å²) in [5, 5.41) is 14.5. The number of carbonyl (C=O) groups is 1. The smallest absolute Gasteiger partial charge is 0.317 e. The maximum atomic E-state index is 12.2. The normalized spacial score (nSPS) is 12.2. The molecule has 1 atom stereocenters. The summed E-state index contributed by atoms with van der Waals surface area (Å²) in [4.78, 5) is 13.8. The summed E-state index contributed by atoms with van der Waals surface area (Å²) in [6.07, 6.45) is -0.551. The molecule has 0 saturated carbocycles. The number of nitrogens with zero attached hydrogens (tertiary/aromatic N) is 1. The number of urea groups is 1. The van der Waals surface area contributed by atoms with Crippen LogP contribution < -0.4 is 10.1 Å². The molecular weight excluding hydrogens is 304 g/mol. The Labute approximate surface area is 143 Å². The summed E-state index contributed by atoms with van der Waals surface area (Å²) < 4.78 is 5.81. The third-order valence-electron chi connectivity index (χ3n) is 3.73. The van der Waals surface area contributed by atoms with Gasteiger partial charge in [-0.2, -0.15) is 0 Å². The van der Waals surface area contributed by atoms with Gasteiger partial charge in [0.05, 0.1) is 12.6 Å². The lowest BCUT2D eigenvalue weighted by molar-refractivity contribution is 0.118. The highest BCUT2D eigenvalue weighted by molar-refractivity contribution is 5.88. The third-order valence-corrected chi connectivity index (χ3v) is 3.73. The van der Waals surface area contributed by atoms with Crippen LogP contribution in [0.5, 0.6) is 5.75 Å². The van der Waals surface area contributed by atoms with E-state index in [4.69, 9.17) is 4.74 Å². The second-order valence-electron chi connectivity index (χ2n) is 6.15. The zero-order valence-corrected chi connectivity index (χ0v) is 14.5. The fourth-order valence-corrected chi connectivity index (χ4v) is 2.55. The molecule has 0 fully saturated rings. The summed E-state index contributed by atoms with van der Waals surface area (Å²) >= 11 is 0. The van der Waals surface area contributed by atoms with E-state index in [9.17, 15) is 9.90 Å². The number of benzene rings is 2. The van der Waals surface area contributed by atoms with Gasteiger partial charge in [-0.15, -0.1) is 0 Å². The Bertz CT molecular complexity index is 665. The fourth-order valence-electron chi connectivity index (χ4n) is 2.55. The standard InChI is InChI=1S/C19H26N2O3/c1-14(2)21(13-15(3)22)19(23)20-11-12-24-18-10-6-8-16-7-4-5-9-17(16)18/h4-10,14-15,22H,11-13H2,1-3H3,(H,20,23). The van der Waals surface area contributed by atoms with Crippen LogP contribution in [-0.4, -0.2) is 47.9 Å². The monoisotopic (exact) mass is 330 g/mol. The lowest BCUT2D eigenvalue weighted by Crippen LogP contribution is -2.47. The summed E-state index contributed by atoms with van der Waals surface area (Å²) in [5.74, 6) is 0.812. The minimum absolute atomic E-state index is 0.0265. The zero-order valence-electron chi connectivity index (χ0n) is 14.5. The van der Waals surface area contributed by atoms with Crippen molar-refractivity contribution < 1.29 is 14.6 Å². The molecular formula is C19H26N2O3. The van der Waals surface area contributed by atoms with Crippen molar-refractivity contribution in [2.24, 2.45) is 0 Å². The molecule has 0 aliphatic rings. The van der Waals surface area contributed by atoms with Crippen LogP contribution in [-0.2, 0) is 0 Å². The summed E-state index contributed by atoms with van der Waals surface area (Å²) in [5.41, 5.74) is 0. The largest absolute Gasteiger partial charge is 0.491 e. The number of ether oxygens (including phenoxy) is 1. The lowest BCUT2D eigenvalue weighted by Gasteiger charge is -2.28. The average Bonchev–Trinajstić information content (AvgIpc) is 2.56. The van der Waals surface area contributed by atoms with Crippen LogP contribution in [0.1, 0.15) is 20.8 Å². The van der Waals surface area contributed by atoms with Crippen LogP contribution in [0.25, 0.3) is 10.8 Å². The zero-order chi connectivity index (χ0) is 17.5. The highest BCUT2D eigenvalue weighted by Crippen LogP contribution is 2.24. The molecule has 2 rings (SSSR count). The molecule has 0 heterocycles. The van der Waals surface area contributed by atoms with Crippen molar-refractivity contribution in [3.63, 3.8) is 0 Å². The van der Waals surface area contributed by atoms with E-state index in [0.717, 1.165) is 16.5 Å². The van der Waals surface area contributed by atoms with Crippen LogP contribution in [0, 0.1) is 0 Å². The van der Waals surface area contributed by atoms with Crippen LogP contribution in [0.15, 0.2) is 42.5 Å². The van der Waals surface area contributed by atoms with Crippen molar-refractivity contribution in [3.8, 4) is 5.75 Å². The second kappa shape index (κ2) is 8.55. The number of hydrogen-bond donors (Lipinski definition) is 2. The SMILES string of the molecule is CC(O)CN(C(=O)NCCOc1cccc2ccccc12)C(C)C. The molecule has 130 valence electrons. The molecule has 2 aromatic carbocycles. The molecule has 0 aliphatic heterocycles. The van der Waals surface area contributed by atoms with Crippen molar-refractivity contribution in [2.45, 2.75) is 32.9 Å². The lowest BCUT2D eigenvalue weighted by atomic mass is 10.1. The highest BCUT2D eigenvalue weighted by atomic mass is 16.5. The van der Waals surface area contributed by atoms with Gasteiger partial charge in [-0.3, -0.25) is 0 Å². The minimum Gasteiger partial charge on any atom is -0.491 e. The molecule has 0 aliphatic carbocycles. The Morgan fingerprint density at radius 2 is 1.88 bits per heavy atom.